The smallest absolute Gasteiger partial charge is 0.263 e. The Morgan fingerprint density at radius 2 is 2.05 bits per heavy atom. The highest BCUT2D eigenvalue weighted by Crippen LogP contribution is 2.48. The molecule has 202 valence electrons. The molecule has 0 bridgehead atoms. The van der Waals surface area contributed by atoms with Crippen LogP contribution in [0.15, 0.2) is 42.9 Å². The summed E-state index contributed by atoms with van der Waals surface area (Å²) >= 11 is 6.68. The summed E-state index contributed by atoms with van der Waals surface area (Å²) in [5, 5.41) is 25.5. The molecule has 0 radical (unpaired) electrons. The van der Waals surface area contributed by atoms with Crippen molar-refractivity contribution in [3.8, 4) is 6.07 Å². The first-order valence-corrected chi connectivity index (χ1v) is 12.9. The van der Waals surface area contributed by atoms with Crippen molar-refractivity contribution in [3.05, 3.63) is 70.4 Å². The van der Waals surface area contributed by atoms with Crippen molar-refractivity contribution in [3.63, 3.8) is 0 Å². The number of alkyl halides is 2. The van der Waals surface area contributed by atoms with Crippen LogP contribution in [0.4, 0.5) is 20.2 Å². The lowest BCUT2D eigenvalue weighted by Crippen LogP contribution is -2.26. The van der Waals surface area contributed by atoms with Gasteiger partial charge in [-0.3, -0.25) is 9.97 Å². The average molecular weight is 552 g/mol. The summed E-state index contributed by atoms with van der Waals surface area (Å²) in [6.45, 7) is 8.58. The Morgan fingerprint density at radius 1 is 1.28 bits per heavy atom. The number of benzene rings is 1. The number of anilines is 2. The van der Waals surface area contributed by atoms with Gasteiger partial charge in [0.15, 0.2) is 0 Å². The molecule has 8 nitrogen and oxygen atoms in total. The lowest BCUT2D eigenvalue weighted by Gasteiger charge is -2.23. The first-order chi connectivity index (χ1) is 18.9. The monoisotopic (exact) mass is 551 g/mol. The largest absolute Gasteiger partial charge is 0.383 e. The zero-order chi connectivity index (χ0) is 28.9. The van der Waals surface area contributed by atoms with E-state index in [1.807, 2.05) is 0 Å². The summed E-state index contributed by atoms with van der Waals surface area (Å²) in [6.07, 6.45) is 2.47. The van der Waals surface area contributed by atoms with Gasteiger partial charge < -0.3 is 10.6 Å². The van der Waals surface area contributed by atoms with Crippen LogP contribution in [0.1, 0.15) is 63.5 Å². The number of nitrogens with one attached hydrogen (secondary N) is 2. The van der Waals surface area contributed by atoms with Gasteiger partial charge in [-0.2, -0.15) is 5.26 Å². The van der Waals surface area contributed by atoms with Crippen LogP contribution in [0.5, 0.6) is 0 Å². The van der Waals surface area contributed by atoms with Gasteiger partial charge in [0, 0.05) is 41.3 Å². The first kappa shape index (κ1) is 25.4. The van der Waals surface area contributed by atoms with Gasteiger partial charge in [0.1, 0.15) is 17.3 Å². The zero-order valence-corrected chi connectivity index (χ0v) is 22.8. The van der Waals surface area contributed by atoms with Gasteiger partial charge in [-0.25, -0.2) is 13.5 Å². The van der Waals surface area contributed by atoms with Crippen LogP contribution in [0.3, 0.4) is 0 Å². The minimum atomic E-state index is -2.60. The third kappa shape index (κ3) is 5.23. The molecule has 0 spiro atoms. The number of nitriles is 1. The van der Waals surface area contributed by atoms with Gasteiger partial charge in [-0.05, 0) is 43.4 Å². The maximum absolute atomic E-state index is 13.8. The van der Waals surface area contributed by atoms with E-state index >= 15 is 0 Å². The van der Waals surface area contributed by atoms with Gasteiger partial charge in [-0.15, -0.1) is 5.10 Å². The van der Waals surface area contributed by atoms with Crippen LogP contribution in [-0.4, -0.2) is 37.9 Å². The zero-order valence-electron chi connectivity index (χ0n) is 23.1. The molecule has 0 unspecified atom stereocenters. The van der Waals surface area contributed by atoms with E-state index in [9.17, 15) is 15.4 Å². The minimum Gasteiger partial charge on any atom is -0.383 e. The number of pyridine rings is 2. The molecule has 3 heterocycles. The number of aromatic nitrogens is 5. The molecule has 39 heavy (non-hydrogen) atoms. The minimum absolute atomic E-state index is 0.0703. The van der Waals surface area contributed by atoms with Gasteiger partial charge in [0.25, 0.3) is 6.43 Å². The summed E-state index contributed by atoms with van der Waals surface area (Å²) in [4.78, 5) is 8.75. The lowest BCUT2D eigenvalue weighted by molar-refractivity contribution is 0.0593. The van der Waals surface area contributed by atoms with Crippen LogP contribution >= 0.6 is 11.6 Å². The molecule has 0 amide bonds. The van der Waals surface area contributed by atoms with E-state index < -0.39 is 18.0 Å². The second kappa shape index (κ2) is 10.0. The van der Waals surface area contributed by atoms with E-state index in [0.717, 1.165) is 0 Å². The van der Waals surface area contributed by atoms with Crippen LogP contribution in [-0.2, 0) is 5.54 Å². The quantitative estimate of drug-likeness (QED) is 0.258. The Hall–Kier alpha value is -3.84. The van der Waals surface area contributed by atoms with E-state index in [4.69, 9.17) is 11.6 Å². The molecule has 5 rings (SSSR count). The van der Waals surface area contributed by atoms with Gasteiger partial charge in [0.2, 0.25) is 0 Å². The number of aryl methyl sites for hydroxylation is 1. The van der Waals surface area contributed by atoms with Crippen molar-refractivity contribution in [1.82, 2.24) is 25.0 Å². The predicted octanol–water partition coefficient (Wildman–Crippen LogP) is 6.47. The molecule has 1 aliphatic carbocycles. The highest BCUT2D eigenvalue weighted by molar-refractivity contribution is 6.35. The molecule has 3 aromatic heterocycles. The molecule has 11 heteroatoms. The molecular weight excluding hydrogens is 522 g/mol. The maximum Gasteiger partial charge on any atom is 0.263 e. The van der Waals surface area contributed by atoms with Crippen LogP contribution in [0.25, 0.3) is 10.9 Å². The van der Waals surface area contributed by atoms with E-state index in [0.29, 0.717) is 50.7 Å². The topological polar surface area (TPSA) is 104 Å². The number of hydrogen-bond acceptors (Lipinski definition) is 7. The number of rotatable bonds is 8. The predicted molar refractivity (Wildman–Crippen MR) is 147 cm³/mol. The standard InChI is InChI=1S/C28H29ClF2N8/c1-16-19(6-5-9-33-16)25(22-14-39(38-37-22)28(7-8-28)26(30)31)36-18-10-20-23(35-15-27(2,3)4)17(12-32)13-34-24(20)21(29)11-18/h5-6,9-11,13-14,25-26,36H,7-8,15H2,1-4H3,(H,34,35)/t25-/m1/s1/i25D. The number of hydrogen-bond donors (Lipinski definition) is 2. The fourth-order valence-electron chi connectivity index (χ4n) is 4.39. The maximum atomic E-state index is 13.8. The third-order valence-electron chi connectivity index (χ3n) is 6.76. The van der Waals surface area contributed by atoms with Crippen molar-refractivity contribution < 1.29 is 10.2 Å². The number of nitrogens with zero attached hydrogens (tertiary/aromatic N) is 6. The fourth-order valence-corrected chi connectivity index (χ4v) is 4.66. The summed E-state index contributed by atoms with van der Waals surface area (Å²) < 4.78 is 38.4. The molecule has 0 saturated heterocycles. The lowest BCUT2D eigenvalue weighted by atomic mass is 9.96. The fraction of sp³-hybridized carbons (Fsp3) is 0.393. The number of halogens is 3. The summed E-state index contributed by atoms with van der Waals surface area (Å²) in [5.74, 6) is 0. The van der Waals surface area contributed by atoms with Crippen molar-refractivity contribution in [1.29, 1.82) is 5.26 Å². The molecule has 0 aliphatic heterocycles. The van der Waals surface area contributed by atoms with E-state index in [1.54, 1.807) is 37.4 Å². The molecule has 2 N–H and O–H groups in total. The number of fused-ring (bicyclic) bond motifs is 1. The second-order valence-electron chi connectivity index (χ2n) is 11.0. The van der Waals surface area contributed by atoms with E-state index in [1.165, 1.54) is 17.1 Å². The van der Waals surface area contributed by atoms with Crippen molar-refractivity contribution >= 4 is 33.9 Å². The molecule has 1 fully saturated rings. The van der Waals surface area contributed by atoms with Crippen LogP contribution in [0.2, 0.25) is 5.02 Å². The molecule has 1 aromatic carbocycles. The highest BCUT2D eigenvalue weighted by atomic mass is 35.5. The second-order valence-corrected chi connectivity index (χ2v) is 11.4. The molecule has 1 saturated carbocycles. The first-order valence-electron chi connectivity index (χ1n) is 13.1. The average Bonchev–Trinajstić information content (AvgIpc) is 3.56. The van der Waals surface area contributed by atoms with Crippen molar-refractivity contribution in [2.24, 2.45) is 5.41 Å². The summed E-state index contributed by atoms with van der Waals surface area (Å²) in [6, 6.07) is 7.26. The summed E-state index contributed by atoms with van der Waals surface area (Å²) in [5.41, 5.74) is 1.56. The molecule has 1 atom stereocenters. The Kier molecular flexibility index (Phi) is 6.55. The Bertz CT molecular complexity index is 1620. The van der Waals surface area contributed by atoms with Crippen molar-refractivity contribution in [2.45, 2.75) is 58.5 Å². The van der Waals surface area contributed by atoms with Crippen molar-refractivity contribution in [2.75, 3.05) is 17.2 Å². The molecule has 4 aromatic rings. The highest BCUT2D eigenvalue weighted by Gasteiger charge is 2.54. The Balaban J connectivity index is 1.64. The molecular formula is C28H29ClF2N8. The van der Waals surface area contributed by atoms with Gasteiger partial charge in [-0.1, -0.05) is 43.7 Å². The van der Waals surface area contributed by atoms with E-state index in [-0.39, 0.29) is 24.0 Å². The van der Waals surface area contributed by atoms with Gasteiger partial charge in [0.05, 0.1) is 35.4 Å². The Labute approximate surface area is 231 Å². The Morgan fingerprint density at radius 3 is 2.69 bits per heavy atom. The third-order valence-corrected chi connectivity index (χ3v) is 7.05. The summed E-state index contributed by atoms with van der Waals surface area (Å²) in [7, 11) is 0. The normalized spacial score (nSPS) is 16.4. The SMILES string of the molecule is [2H][C@](Nc1cc(Cl)c2ncc(C#N)c(NCC(C)(C)C)c2c1)(c1cn(C2(C(F)F)CC2)nn1)c1cccnc1C. The van der Waals surface area contributed by atoms with E-state index in [2.05, 4.69) is 57.8 Å². The molecule has 1 aliphatic rings. The van der Waals surface area contributed by atoms with Gasteiger partial charge >= 0.3 is 0 Å². The van der Waals surface area contributed by atoms with Crippen LogP contribution in [0, 0.1) is 23.7 Å². The van der Waals surface area contributed by atoms with Crippen LogP contribution < -0.4 is 10.6 Å².